The molecule has 125 heavy (non-hydrogen) atoms. The number of thioether (sulfide) groups is 1. The number of carbonyl (C=O) groups excluding carboxylic acids is 8. The van der Waals surface area contributed by atoms with Crippen molar-refractivity contribution >= 4 is 227 Å². The van der Waals surface area contributed by atoms with E-state index in [1.165, 1.54) is 57.7 Å². The molecule has 8 aromatic heterocycles. The molecule has 8 amide bonds. The molecule has 38 heteroatoms. The first-order valence-corrected chi connectivity index (χ1v) is 45.7. The highest BCUT2D eigenvalue weighted by atomic mass is 79.9. The van der Waals surface area contributed by atoms with E-state index in [2.05, 4.69) is 109 Å². The quantitative estimate of drug-likeness (QED) is 0.0249. The van der Waals surface area contributed by atoms with Gasteiger partial charge < -0.3 is 66.9 Å². The van der Waals surface area contributed by atoms with Crippen molar-refractivity contribution in [2.75, 3.05) is 127 Å². The zero-order chi connectivity index (χ0) is 87.9. The van der Waals surface area contributed by atoms with Crippen LogP contribution in [0.2, 0.25) is 10.0 Å². The fraction of sp³-hybridized carbons (Fsp3) is 0.172. The van der Waals surface area contributed by atoms with Crippen molar-refractivity contribution in [3.63, 3.8) is 0 Å². The number of nitrogens with zero attached hydrogens (tertiary/aromatic N) is 9. The number of amidine groups is 4. The predicted octanol–water partition coefficient (Wildman–Crippen LogP) is 17.6. The van der Waals surface area contributed by atoms with Crippen LogP contribution in [-0.2, 0) is 4.74 Å². The van der Waals surface area contributed by atoms with Gasteiger partial charge in [0.1, 0.15) is 66.4 Å². The molecule has 0 radical (unpaired) electrons. The van der Waals surface area contributed by atoms with E-state index >= 15 is 0 Å². The maximum Gasteiger partial charge on any atom is 0.269 e. The average Bonchev–Trinajstić information content (AvgIpc) is 1.81. The van der Waals surface area contributed by atoms with Crippen LogP contribution in [0.1, 0.15) is 117 Å². The lowest BCUT2D eigenvalue weighted by Crippen LogP contribution is -2.40. The van der Waals surface area contributed by atoms with Crippen LogP contribution in [0, 0.1) is 16.2 Å². The van der Waals surface area contributed by atoms with E-state index in [-0.39, 0.29) is 47.3 Å². The molecule has 11 N–H and O–H groups in total. The number of amides is 8. The van der Waals surface area contributed by atoms with Gasteiger partial charge in [-0.15, -0.1) is 45.3 Å². The van der Waals surface area contributed by atoms with Gasteiger partial charge in [0.15, 0.2) is 0 Å². The predicted molar refractivity (Wildman–Crippen MR) is 506 cm³/mol. The van der Waals surface area contributed by atoms with Gasteiger partial charge in [0.25, 0.3) is 47.3 Å². The number of pyridine rings is 4. The number of halogens is 4. The number of aliphatic imine (C=N–C) groups is 1. The Balaban J connectivity index is 0.000000143. The number of morpholine rings is 1. The van der Waals surface area contributed by atoms with Gasteiger partial charge >= 0.3 is 0 Å². The van der Waals surface area contributed by atoms with Gasteiger partial charge in [0.2, 0.25) is 0 Å². The standard InChI is InChI=1S/C22H20BrN5O3S.C22H20BrN5O2S2.C22H20ClN5O2S.C21H18ClN5O2S/c23-16-5-6-18(25-13-16)27-22(30)19-17(7-12-32-19)26-21(29)15-3-1-14(2-4-15)20(24)28-8-10-31-11-9-28;23-16-5-6-18(25-13-16)27-22(30)19-17(7-10-32-19)26-21(29)15-3-1-14(2-4-15)20(24)28-8-11-31-12-9-28;23-16-7-8-18(25-13-16)26-21(30)17-9-12-31-22(17)27-20(29)15-5-3-14(4-6-15)19(24)28-10-1-2-11-28;1-27-10-9-23-18(27)13-2-4-14(5-3-13)19(28)26-21-16(8-11-30-21)20(29)25-17-7-6-15(22)12-24-17/h1-7,12-13,24H,8-11H2,(H,26,29)(H,25,27,30);1-7,10,13,24H,8-9,11-12H2,(H,26,29)(H,25,27,30);3-9,12-13,24H,1-2,10-11H2,(H,27,29)(H,25,26,30);2-8,11-12H,9-10H2,1H3,(H,26,28)(H,24,25,29). The van der Waals surface area contributed by atoms with Crippen LogP contribution in [0.15, 0.2) is 230 Å². The number of anilines is 8. The minimum absolute atomic E-state index is 0.288. The second kappa shape index (κ2) is 43.9. The second-order valence-corrected chi connectivity index (χ2v) is 35.2. The number of benzene rings is 4. The third-order valence-corrected chi connectivity index (χ3v) is 25.0. The number of rotatable bonds is 20. The fourth-order valence-electron chi connectivity index (χ4n) is 12.6. The number of thiophene rings is 4. The van der Waals surface area contributed by atoms with Crippen molar-refractivity contribution in [3.8, 4) is 0 Å². The molecule has 4 aliphatic rings. The number of nitrogens with one attached hydrogen (secondary N) is 11. The maximum absolute atomic E-state index is 12.7. The van der Waals surface area contributed by atoms with E-state index in [4.69, 9.17) is 44.2 Å². The highest BCUT2D eigenvalue weighted by Crippen LogP contribution is 2.31. The first-order valence-electron chi connectivity index (χ1n) is 38.6. The number of likely N-dealkylation sites (N-methyl/N-ethyl adjacent to an activating group) is 1. The van der Waals surface area contributed by atoms with Crippen molar-refractivity contribution < 1.29 is 43.1 Å². The molecule has 3 fully saturated rings. The van der Waals surface area contributed by atoms with Gasteiger partial charge in [-0.25, -0.2) is 19.9 Å². The van der Waals surface area contributed by atoms with Gasteiger partial charge in [0.05, 0.1) is 52.3 Å². The normalized spacial score (nSPS) is 13.3. The van der Waals surface area contributed by atoms with Crippen molar-refractivity contribution in [3.05, 3.63) is 301 Å². The topological polar surface area (TPSA) is 390 Å². The Hall–Kier alpha value is -12.2. The van der Waals surface area contributed by atoms with E-state index < -0.39 is 0 Å². The Labute approximate surface area is 765 Å². The van der Waals surface area contributed by atoms with Crippen molar-refractivity contribution in [2.45, 2.75) is 12.8 Å². The highest BCUT2D eigenvalue weighted by Gasteiger charge is 2.26. The Morgan fingerprint density at radius 3 is 1.10 bits per heavy atom. The van der Waals surface area contributed by atoms with Crippen LogP contribution in [0.3, 0.4) is 0 Å². The first kappa shape index (κ1) is 90.5. The fourth-order valence-corrected chi connectivity index (χ4v) is 17.2. The molecule has 3 saturated heterocycles. The third-order valence-electron chi connectivity index (χ3n) is 19.2. The molecular formula is C87H78Br2Cl2N20O9S5. The molecule has 0 bridgehead atoms. The van der Waals surface area contributed by atoms with E-state index in [9.17, 15) is 38.4 Å². The average molecular weight is 1940 g/mol. The Morgan fingerprint density at radius 1 is 0.376 bits per heavy atom. The summed E-state index contributed by atoms with van der Waals surface area (Å²) in [5.74, 6) is 3.28. The molecule has 4 aromatic carbocycles. The summed E-state index contributed by atoms with van der Waals surface area (Å²) in [6.07, 6.45) is 8.30. The highest BCUT2D eigenvalue weighted by molar-refractivity contribution is 9.10. The van der Waals surface area contributed by atoms with E-state index in [1.807, 2.05) is 40.7 Å². The van der Waals surface area contributed by atoms with Crippen LogP contribution in [-0.4, -0.2) is 194 Å². The largest absolute Gasteiger partial charge is 0.378 e. The SMILES string of the molecule is CN1CCN=C1c1ccc(C(=O)Nc2sccc2C(=O)Nc2ccc(Cl)cn2)cc1.N=C(c1ccc(C(=O)Nc2ccsc2C(=O)Nc2ccc(Br)cn2)cc1)N1CCOCC1.N=C(c1ccc(C(=O)Nc2ccsc2C(=O)Nc2ccc(Br)cn2)cc1)N1CCSCC1.N=C(c1ccc(C(=O)Nc2sccc2C(=O)Nc2ccc(Cl)cn2)cc1)N1CCCC1. The molecule has 0 aliphatic carbocycles. The van der Waals surface area contributed by atoms with Crippen LogP contribution in [0.5, 0.6) is 0 Å². The van der Waals surface area contributed by atoms with Crippen LogP contribution in [0.25, 0.3) is 0 Å². The number of aromatic nitrogens is 4. The first-order chi connectivity index (χ1) is 60.5. The van der Waals surface area contributed by atoms with Crippen LogP contribution < -0.4 is 42.5 Å². The second-order valence-electron chi connectivity index (χ2n) is 27.6. The number of hydrogen-bond acceptors (Lipinski definition) is 23. The lowest BCUT2D eigenvalue weighted by atomic mass is 10.1. The smallest absolute Gasteiger partial charge is 0.269 e. The van der Waals surface area contributed by atoms with Crippen molar-refractivity contribution in [2.24, 2.45) is 4.99 Å². The Bertz CT molecular complexity index is 5730. The summed E-state index contributed by atoms with van der Waals surface area (Å²) in [5.41, 5.74) is 6.72. The van der Waals surface area contributed by atoms with E-state index in [0.29, 0.717) is 142 Å². The summed E-state index contributed by atoms with van der Waals surface area (Å²) in [5, 5.41) is 56.0. The van der Waals surface area contributed by atoms with Gasteiger partial charge in [-0.1, -0.05) is 71.7 Å². The molecule has 12 heterocycles. The lowest BCUT2D eigenvalue weighted by Gasteiger charge is -2.29. The monoisotopic (exact) mass is 1930 g/mol. The van der Waals surface area contributed by atoms with E-state index in [1.54, 1.807) is 192 Å². The summed E-state index contributed by atoms with van der Waals surface area (Å²) in [7, 11) is 2.00. The molecule has 4 aliphatic heterocycles. The van der Waals surface area contributed by atoms with Crippen LogP contribution in [0.4, 0.5) is 44.6 Å². The summed E-state index contributed by atoms with van der Waals surface area (Å²) in [6, 6.07) is 48.2. The van der Waals surface area contributed by atoms with Gasteiger partial charge in [0, 0.05) is 143 Å². The van der Waals surface area contributed by atoms with Crippen molar-refractivity contribution in [1.82, 2.24) is 39.5 Å². The number of ether oxygens (including phenoxy) is 1. The molecule has 16 rings (SSSR count). The Kier molecular flexibility index (Phi) is 31.8. The molecule has 29 nitrogen and oxygen atoms in total. The molecular weight excluding hydrogens is 1860 g/mol. The third kappa shape index (κ3) is 24.9. The van der Waals surface area contributed by atoms with E-state index in [0.717, 1.165) is 101 Å². The summed E-state index contributed by atoms with van der Waals surface area (Å²) in [6.45, 7) is 7.78. The number of hydrogen-bond donors (Lipinski definition) is 11. The summed E-state index contributed by atoms with van der Waals surface area (Å²) in [4.78, 5) is 131. The number of carbonyl (C=O) groups is 8. The van der Waals surface area contributed by atoms with Crippen LogP contribution >= 0.6 is 112 Å². The molecule has 12 aromatic rings. The molecule has 0 saturated carbocycles. The zero-order valence-electron chi connectivity index (χ0n) is 66.4. The minimum atomic E-state index is -0.374. The molecule has 0 spiro atoms. The Morgan fingerprint density at radius 2 is 0.728 bits per heavy atom. The molecule has 638 valence electrons. The minimum Gasteiger partial charge on any atom is -0.378 e. The number of likely N-dealkylation sites (tertiary alicyclic amines) is 1. The summed E-state index contributed by atoms with van der Waals surface area (Å²) >= 11 is 25.1. The van der Waals surface area contributed by atoms with Crippen molar-refractivity contribution in [1.29, 1.82) is 16.2 Å². The van der Waals surface area contributed by atoms with Gasteiger partial charge in [-0.3, -0.25) is 59.6 Å². The summed E-state index contributed by atoms with van der Waals surface area (Å²) < 4.78 is 6.95. The maximum atomic E-state index is 12.7. The van der Waals surface area contributed by atoms with Gasteiger partial charge in [-0.2, -0.15) is 11.8 Å². The van der Waals surface area contributed by atoms with Gasteiger partial charge in [-0.05, 0) is 188 Å². The lowest BCUT2D eigenvalue weighted by molar-refractivity contribution is 0.0680. The molecule has 0 unspecified atom stereocenters. The zero-order valence-corrected chi connectivity index (χ0v) is 75.2. The molecule has 0 atom stereocenters.